The molecule has 0 bridgehead atoms. The largest absolute Gasteiger partial charge is 0.458 e. The Morgan fingerprint density at radius 2 is 1.66 bits per heavy atom. The van der Waals surface area contributed by atoms with E-state index in [0.29, 0.717) is 12.1 Å². The topological polar surface area (TPSA) is 32.7 Å². The summed E-state index contributed by atoms with van der Waals surface area (Å²) in [7, 11) is 0. The average molecular weight is 437 g/mol. The van der Waals surface area contributed by atoms with Crippen LogP contribution in [0.15, 0.2) is 24.3 Å². The van der Waals surface area contributed by atoms with Crippen molar-refractivity contribution in [2.75, 3.05) is 19.7 Å². The first kappa shape index (κ1) is 25.6. The van der Waals surface area contributed by atoms with E-state index >= 15 is 0 Å². The first-order valence-corrected chi connectivity index (χ1v) is 8.77. The number of alkyl halides is 8. The van der Waals surface area contributed by atoms with E-state index < -0.39 is 36.5 Å². The molecule has 1 aromatic carbocycles. The van der Waals surface area contributed by atoms with Gasteiger partial charge in [0.2, 0.25) is 0 Å². The molecule has 0 spiro atoms. The molecule has 0 aromatic heterocycles. The number of hydrogen-bond donors (Lipinski definition) is 1. The van der Waals surface area contributed by atoms with Crippen molar-refractivity contribution in [3.63, 3.8) is 0 Å². The number of nitrogens with zero attached hydrogens (tertiary/aromatic N) is 1. The average Bonchev–Trinajstić information content (AvgIpc) is 2.56. The lowest BCUT2D eigenvalue weighted by atomic mass is 10.0. The molecule has 0 aliphatic rings. The third kappa shape index (κ3) is 8.06. The van der Waals surface area contributed by atoms with E-state index in [0.717, 1.165) is 11.0 Å². The number of hydrogen-bond acceptors (Lipinski definition) is 3. The summed E-state index contributed by atoms with van der Waals surface area (Å²) < 4.78 is 108. The van der Waals surface area contributed by atoms with Gasteiger partial charge in [-0.1, -0.05) is 18.2 Å². The minimum atomic E-state index is -5.80. The summed E-state index contributed by atoms with van der Waals surface area (Å²) in [4.78, 5) is 1.13. The van der Waals surface area contributed by atoms with Crippen LogP contribution >= 0.6 is 0 Å². The molecule has 1 rings (SSSR count). The second kappa shape index (κ2) is 10.0. The van der Waals surface area contributed by atoms with Gasteiger partial charge < -0.3 is 9.84 Å². The molecule has 0 aliphatic heterocycles. The third-order valence-corrected chi connectivity index (χ3v) is 3.93. The molecule has 1 aromatic rings. The van der Waals surface area contributed by atoms with Crippen LogP contribution in [0.1, 0.15) is 31.4 Å². The molecule has 1 atom stereocenters. The standard InChI is InChI=1S/C18H23F8NO2/c1-12(2)29-8-4-7-27(11-15(28)17(21,22)23)10-13-5-3-6-14(9-13)16(19,20)18(24,25)26/h3,5-6,9,12,15,28H,4,7-8,10-11H2,1-2H3. The highest BCUT2D eigenvalue weighted by Crippen LogP contribution is 2.43. The van der Waals surface area contributed by atoms with E-state index in [1.54, 1.807) is 13.8 Å². The first-order valence-electron chi connectivity index (χ1n) is 8.77. The van der Waals surface area contributed by atoms with Crippen molar-refractivity contribution in [1.29, 1.82) is 0 Å². The van der Waals surface area contributed by atoms with Gasteiger partial charge in [-0.25, -0.2) is 0 Å². The number of halogens is 8. The van der Waals surface area contributed by atoms with Crippen molar-refractivity contribution in [3.05, 3.63) is 35.4 Å². The molecule has 11 heteroatoms. The minimum Gasteiger partial charge on any atom is -0.382 e. The smallest absolute Gasteiger partial charge is 0.382 e. The zero-order valence-corrected chi connectivity index (χ0v) is 15.8. The van der Waals surface area contributed by atoms with Crippen LogP contribution in [0.4, 0.5) is 35.1 Å². The molecule has 168 valence electrons. The van der Waals surface area contributed by atoms with Crippen LogP contribution in [0.25, 0.3) is 0 Å². The molecule has 3 nitrogen and oxygen atoms in total. The van der Waals surface area contributed by atoms with Crippen molar-refractivity contribution in [1.82, 2.24) is 4.90 Å². The van der Waals surface area contributed by atoms with E-state index in [-0.39, 0.29) is 37.8 Å². The Hall–Kier alpha value is -1.46. The maximum atomic E-state index is 13.5. The minimum absolute atomic E-state index is 0.0136. The van der Waals surface area contributed by atoms with Gasteiger partial charge in [0.15, 0.2) is 6.10 Å². The van der Waals surface area contributed by atoms with Crippen LogP contribution in [-0.4, -0.2) is 54.3 Å². The fourth-order valence-electron chi connectivity index (χ4n) is 2.48. The van der Waals surface area contributed by atoms with E-state index in [4.69, 9.17) is 4.74 Å². The summed E-state index contributed by atoms with van der Waals surface area (Å²) in [6, 6.07) is 3.41. The van der Waals surface area contributed by atoms with Crippen molar-refractivity contribution in [3.8, 4) is 0 Å². The summed E-state index contributed by atoms with van der Waals surface area (Å²) in [6.45, 7) is 2.54. The number of aliphatic hydroxyl groups excluding tert-OH is 1. The van der Waals surface area contributed by atoms with Gasteiger partial charge in [-0.15, -0.1) is 0 Å². The Bertz CT molecular complexity index is 631. The maximum absolute atomic E-state index is 13.5. The number of rotatable bonds is 10. The second-order valence-electron chi connectivity index (χ2n) is 6.84. The van der Waals surface area contributed by atoms with Crippen LogP contribution < -0.4 is 0 Å². The quantitative estimate of drug-likeness (QED) is 0.418. The van der Waals surface area contributed by atoms with Crippen LogP contribution in [0.2, 0.25) is 0 Å². The number of ether oxygens (including phenoxy) is 1. The predicted molar refractivity (Wildman–Crippen MR) is 89.4 cm³/mol. The summed E-state index contributed by atoms with van der Waals surface area (Å²) >= 11 is 0. The van der Waals surface area contributed by atoms with Crippen molar-refractivity contribution in [2.45, 2.75) is 57.3 Å². The van der Waals surface area contributed by atoms with Crippen LogP contribution in [-0.2, 0) is 17.2 Å². The Balaban J connectivity index is 2.95. The number of aliphatic hydroxyl groups is 1. The summed E-state index contributed by atoms with van der Waals surface area (Å²) in [5, 5.41) is 9.30. The fraction of sp³-hybridized carbons (Fsp3) is 0.667. The highest BCUT2D eigenvalue weighted by atomic mass is 19.4. The second-order valence-corrected chi connectivity index (χ2v) is 6.84. The Morgan fingerprint density at radius 1 is 1.03 bits per heavy atom. The van der Waals surface area contributed by atoms with Gasteiger partial charge in [0.25, 0.3) is 0 Å². The van der Waals surface area contributed by atoms with E-state index in [2.05, 4.69) is 0 Å². The molecular weight excluding hydrogens is 414 g/mol. The number of benzene rings is 1. The van der Waals surface area contributed by atoms with Crippen molar-refractivity contribution >= 4 is 0 Å². The normalized spacial score (nSPS) is 14.7. The Labute approximate surface area is 163 Å². The lowest BCUT2D eigenvalue weighted by Crippen LogP contribution is -2.41. The van der Waals surface area contributed by atoms with Crippen LogP contribution in [0.3, 0.4) is 0 Å². The molecule has 0 heterocycles. The lowest BCUT2D eigenvalue weighted by Gasteiger charge is -2.27. The molecule has 1 unspecified atom stereocenters. The van der Waals surface area contributed by atoms with Crippen molar-refractivity contribution in [2.24, 2.45) is 0 Å². The third-order valence-electron chi connectivity index (χ3n) is 3.93. The van der Waals surface area contributed by atoms with Gasteiger partial charge in [0, 0.05) is 31.8 Å². The van der Waals surface area contributed by atoms with Gasteiger partial charge in [0.1, 0.15) is 0 Å². The summed E-state index contributed by atoms with van der Waals surface area (Å²) in [5.41, 5.74) is -1.34. The molecule has 0 saturated heterocycles. The van der Waals surface area contributed by atoms with Gasteiger partial charge in [0.05, 0.1) is 6.10 Å². The van der Waals surface area contributed by atoms with Crippen LogP contribution in [0, 0.1) is 0 Å². The van der Waals surface area contributed by atoms with E-state index in [1.807, 2.05) is 0 Å². The van der Waals surface area contributed by atoms with E-state index in [9.17, 15) is 40.2 Å². The van der Waals surface area contributed by atoms with Crippen LogP contribution in [0.5, 0.6) is 0 Å². The maximum Gasteiger partial charge on any atom is 0.458 e. The molecule has 0 amide bonds. The SMILES string of the molecule is CC(C)OCCCN(Cc1cccc(C(F)(F)C(F)(F)F)c1)CC(O)C(F)(F)F. The molecule has 0 saturated carbocycles. The lowest BCUT2D eigenvalue weighted by molar-refractivity contribution is -0.289. The highest BCUT2D eigenvalue weighted by molar-refractivity contribution is 5.28. The predicted octanol–water partition coefficient (Wildman–Crippen LogP) is 4.88. The summed E-state index contributed by atoms with van der Waals surface area (Å²) in [5.74, 6) is -5.09. The summed E-state index contributed by atoms with van der Waals surface area (Å²) in [6.07, 6.45) is -13.2. The van der Waals surface area contributed by atoms with Gasteiger partial charge in [-0.3, -0.25) is 4.90 Å². The van der Waals surface area contributed by atoms with Gasteiger partial charge >= 0.3 is 18.3 Å². The molecule has 0 fully saturated rings. The fourth-order valence-corrected chi connectivity index (χ4v) is 2.48. The van der Waals surface area contributed by atoms with Crippen molar-refractivity contribution < 1.29 is 45.0 Å². The zero-order chi connectivity index (χ0) is 22.5. The first-order chi connectivity index (χ1) is 13.1. The Morgan fingerprint density at radius 3 is 2.17 bits per heavy atom. The van der Waals surface area contributed by atoms with Gasteiger partial charge in [-0.2, -0.15) is 35.1 Å². The zero-order valence-electron chi connectivity index (χ0n) is 15.8. The molecule has 29 heavy (non-hydrogen) atoms. The monoisotopic (exact) mass is 437 g/mol. The van der Waals surface area contributed by atoms with E-state index in [1.165, 1.54) is 6.07 Å². The molecule has 1 N–H and O–H groups in total. The molecule has 0 aliphatic carbocycles. The molecule has 0 radical (unpaired) electrons. The highest BCUT2D eigenvalue weighted by Gasteiger charge is 2.58. The Kier molecular flexibility index (Phi) is 8.85. The van der Waals surface area contributed by atoms with Gasteiger partial charge in [-0.05, 0) is 31.9 Å². The molecular formula is C18H23F8NO2.